The Kier molecular flexibility index (Phi) is 6.59. The van der Waals surface area contributed by atoms with Gasteiger partial charge in [0.15, 0.2) is 11.5 Å². The topological polar surface area (TPSA) is 108 Å². The summed E-state index contributed by atoms with van der Waals surface area (Å²) in [5, 5.41) is 7.97. The van der Waals surface area contributed by atoms with Crippen molar-refractivity contribution in [2.75, 3.05) is 13.7 Å². The molecule has 7 nitrogen and oxygen atoms in total. The molecule has 27 heavy (non-hydrogen) atoms. The molecule has 0 aromatic heterocycles. The number of carbonyl (C=O) groups excluding carboxylic acids is 1. The van der Waals surface area contributed by atoms with Gasteiger partial charge in [0.25, 0.3) is 5.91 Å². The van der Waals surface area contributed by atoms with Crippen LogP contribution in [0.25, 0.3) is 0 Å². The van der Waals surface area contributed by atoms with Gasteiger partial charge in [0.2, 0.25) is 10.0 Å². The van der Waals surface area contributed by atoms with Crippen molar-refractivity contribution in [1.82, 2.24) is 5.32 Å². The molecule has 0 aliphatic rings. The van der Waals surface area contributed by atoms with E-state index < -0.39 is 16.1 Å². The molecule has 2 aromatic carbocycles. The smallest absolute Gasteiger partial charge is 0.251 e. The number of methoxy groups -OCH3 is 1. The van der Waals surface area contributed by atoms with Crippen LogP contribution in [0.3, 0.4) is 0 Å². The van der Waals surface area contributed by atoms with E-state index in [4.69, 9.17) is 14.6 Å². The zero-order valence-electron chi connectivity index (χ0n) is 15.1. The molecule has 3 N–H and O–H groups in total. The molecule has 0 radical (unpaired) electrons. The molecule has 0 aliphatic heterocycles. The number of amides is 1. The van der Waals surface area contributed by atoms with Crippen molar-refractivity contribution in [3.63, 3.8) is 0 Å². The predicted octanol–water partition coefficient (Wildman–Crippen LogP) is 2.40. The second-order valence-electron chi connectivity index (χ2n) is 5.78. The number of nitrogens with two attached hydrogens (primary N) is 1. The molecule has 0 fully saturated rings. The van der Waals surface area contributed by atoms with E-state index in [1.165, 1.54) is 19.2 Å². The van der Waals surface area contributed by atoms with Crippen molar-refractivity contribution in [2.24, 2.45) is 5.14 Å². The second-order valence-corrected chi connectivity index (χ2v) is 7.34. The Morgan fingerprint density at radius 3 is 2.63 bits per heavy atom. The van der Waals surface area contributed by atoms with Crippen LogP contribution in [-0.4, -0.2) is 28.0 Å². The first kappa shape index (κ1) is 20.5. The normalized spacial score (nSPS) is 12.1. The number of carbonyl (C=O) groups is 1. The summed E-state index contributed by atoms with van der Waals surface area (Å²) in [6, 6.07) is 10.5. The summed E-state index contributed by atoms with van der Waals surface area (Å²) < 4.78 is 33.7. The van der Waals surface area contributed by atoms with Gasteiger partial charge in [0.05, 0.1) is 18.0 Å². The zero-order valence-corrected chi connectivity index (χ0v) is 16.0. The van der Waals surface area contributed by atoms with Crippen LogP contribution in [0.1, 0.15) is 28.9 Å². The Labute approximate surface area is 158 Å². The number of benzene rings is 2. The van der Waals surface area contributed by atoms with Crippen LogP contribution in [0, 0.1) is 0 Å². The molecule has 1 atom stereocenters. The van der Waals surface area contributed by atoms with Crippen molar-refractivity contribution in [3.8, 4) is 11.5 Å². The summed E-state index contributed by atoms with van der Waals surface area (Å²) >= 11 is 0. The third-order valence-corrected chi connectivity index (χ3v) is 4.73. The number of hydrogen-bond acceptors (Lipinski definition) is 5. The monoisotopic (exact) mass is 390 g/mol. The number of primary sulfonamides is 1. The Morgan fingerprint density at radius 1 is 1.26 bits per heavy atom. The van der Waals surface area contributed by atoms with Crippen molar-refractivity contribution >= 4 is 15.9 Å². The van der Waals surface area contributed by atoms with Crippen LogP contribution in [0.15, 0.2) is 60.0 Å². The molecule has 0 aliphatic carbocycles. The Bertz CT molecular complexity index is 941. The number of sulfonamides is 1. The minimum Gasteiger partial charge on any atom is -0.493 e. The van der Waals surface area contributed by atoms with Crippen molar-refractivity contribution in [1.29, 1.82) is 0 Å². The van der Waals surface area contributed by atoms with Crippen LogP contribution in [0.5, 0.6) is 11.5 Å². The highest BCUT2D eigenvalue weighted by Gasteiger charge is 2.16. The van der Waals surface area contributed by atoms with E-state index in [1.807, 2.05) is 0 Å². The summed E-state index contributed by atoms with van der Waals surface area (Å²) in [7, 11) is -2.33. The average Bonchev–Trinajstić information content (AvgIpc) is 2.65. The SMILES string of the molecule is C=CCOc1ccc(C(=O)NC(C)c2cccc(S(N)(=O)=O)c2)cc1OC. The highest BCUT2D eigenvalue weighted by molar-refractivity contribution is 7.89. The summed E-state index contributed by atoms with van der Waals surface area (Å²) in [6.45, 7) is 5.65. The summed E-state index contributed by atoms with van der Waals surface area (Å²) in [5.41, 5.74) is 1.00. The van der Waals surface area contributed by atoms with Gasteiger partial charge < -0.3 is 14.8 Å². The second kappa shape index (κ2) is 8.70. The van der Waals surface area contributed by atoms with Gasteiger partial charge in [-0.05, 0) is 42.8 Å². The molecule has 0 heterocycles. The van der Waals surface area contributed by atoms with E-state index in [-0.39, 0.29) is 10.8 Å². The minimum atomic E-state index is -3.81. The average molecular weight is 390 g/mol. The summed E-state index contributed by atoms with van der Waals surface area (Å²) in [4.78, 5) is 12.5. The van der Waals surface area contributed by atoms with Crippen LogP contribution in [0.2, 0.25) is 0 Å². The van der Waals surface area contributed by atoms with Crippen molar-refractivity contribution < 1.29 is 22.7 Å². The van der Waals surface area contributed by atoms with E-state index in [0.717, 1.165) is 0 Å². The Morgan fingerprint density at radius 2 is 2.00 bits per heavy atom. The molecule has 8 heteroatoms. The molecule has 2 aromatic rings. The van der Waals surface area contributed by atoms with Gasteiger partial charge >= 0.3 is 0 Å². The lowest BCUT2D eigenvalue weighted by molar-refractivity contribution is 0.0939. The lowest BCUT2D eigenvalue weighted by Crippen LogP contribution is -2.27. The molecular formula is C19H22N2O5S. The molecule has 1 amide bonds. The van der Waals surface area contributed by atoms with Gasteiger partial charge in [0.1, 0.15) is 6.61 Å². The lowest BCUT2D eigenvalue weighted by atomic mass is 10.1. The van der Waals surface area contributed by atoms with E-state index in [1.54, 1.807) is 43.3 Å². The first-order chi connectivity index (χ1) is 12.8. The van der Waals surface area contributed by atoms with Gasteiger partial charge in [-0.3, -0.25) is 4.79 Å². The third kappa shape index (κ3) is 5.32. The molecule has 0 bridgehead atoms. The maximum atomic E-state index is 12.5. The number of rotatable bonds is 8. The Balaban J connectivity index is 2.18. The van der Waals surface area contributed by atoms with Gasteiger partial charge in [-0.2, -0.15) is 0 Å². The molecule has 0 saturated carbocycles. The predicted molar refractivity (Wildman–Crippen MR) is 102 cm³/mol. The molecule has 0 spiro atoms. The summed E-state index contributed by atoms with van der Waals surface area (Å²) in [5.74, 6) is 0.591. The van der Waals surface area contributed by atoms with Crippen LogP contribution >= 0.6 is 0 Å². The van der Waals surface area contributed by atoms with Gasteiger partial charge in [-0.1, -0.05) is 24.8 Å². The lowest BCUT2D eigenvalue weighted by Gasteiger charge is -2.16. The fourth-order valence-electron chi connectivity index (χ4n) is 2.40. The molecule has 0 saturated heterocycles. The fraction of sp³-hybridized carbons (Fsp3) is 0.211. The summed E-state index contributed by atoms with van der Waals surface area (Å²) in [6.07, 6.45) is 1.61. The minimum absolute atomic E-state index is 0.00788. The largest absolute Gasteiger partial charge is 0.493 e. The maximum absolute atomic E-state index is 12.5. The highest BCUT2D eigenvalue weighted by atomic mass is 32.2. The van der Waals surface area contributed by atoms with Gasteiger partial charge in [-0.15, -0.1) is 0 Å². The first-order valence-electron chi connectivity index (χ1n) is 8.11. The quantitative estimate of drug-likeness (QED) is 0.673. The van der Waals surface area contributed by atoms with Crippen LogP contribution < -0.4 is 19.9 Å². The van der Waals surface area contributed by atoms with E-state index in [2.05, 4.69) is 11.9 Å². The molecular weight excluding hydrogens is 368 g/mol. The molecule has 1 unspecified atom stereocenters. The maximum Gasteiger partial charge on any atom is 0.251 e. The van der Waals surface area contributed by atoms with E-state index in [9.17, 15) is 13.2 Å². The number of hydrogen-bond donors (Lipinski definition) is 2. The third-order valence-electron chi connectivity index (χ3n) is 3.82. The highest BCUT2D eigenvalue weighted by Crippen LogP contribution is 2.28. The van der Waals surface area contributed by atoms with Crippen molar-refractivity contribution in [2.45, 2.75) is 17.9 Å². The van der Waals surface area contributed by atoms with Crippen LogP contribution in [0.4, 0.5) is 0 Å². The number of nitrogens with one attached hydrogen (secondary N) is 1. The molecule has 2 rings (SSSR count). The zero-order chi connectivity index (χ0) is 20.0. The van der Waals surface area contributed by atoms with Gasteiger partial charge in [-0.25, -0.2) is 13.6 Å². The van der Waals surface area contributed by atoms with E-state index >= 15 is 0 Å². The first-order valence-corrected chi connectivity index (χ1v) is 9.66. The fourth-order valence-corrected chi connectivity index (χ4v) is 2.97. The van der Waals surface area contributed by atoms with Gasteiger partial charge in [0, 0.05) is 5.56 Å². The van der Waals surface area contributed by atoms with Crippen LogP contribution in [-0.2, 0) is 10.0 Å². The molecule has 144 valence electrons. The number of ether oxygens (including phenoxy) is 2. The van der Waals surface area contributed by atoms with E-state index in [0.29, 0.717) is 29.2 Å². The van der Waals surface area contributed by atoms with Crippen molar-refractivity contribution in [3.05, 3.63) is 66.2 Å². The standard InChI is InChI=1S/C19H22N2O5S/c1-4-10-26-17-9-8-15(12-18(17)25-3)19(22)21-13(2)14-6-5-7-16(11-14)27(20,23)24/h4-9,11-13H,1,10H2,2-3H3,(H,21,22)(H2,20,23,24). The Hall–Kier alpha value is -2.84.